The molecule has 1 aromatic heterocycles. The summed E-state index contributed by atoms with van der Waals surface area (Å²) in [6, 6.07) is 15.8. The summed E-state index contributed by atoms with van der Waals surface area (Å²) in [6.07, 6.45) is 0.121. The minimum atomic E-state index is -1.17. The minimum Gasteiger partial charge on any atom is -0.493 e. The van der Waals surface area contributed by atoms with E-state index in [0.717, 1.165) is 10.2 Å². The molecule has 3 aromatic rings. The summed E-state index contributed by atoms with van der Waals surface area (Å²) >= 11 is 0. The van der Waals surface area contributed by atoms with Crippen LogP contribution in [0.25, 0.3) is 11.3 Å². The Morgan fingerprint density at radius 3 is 2.41 bits per heavy atom. The molecule has 1 heterocycles. The fourth-order valence-electron chi connectivity index (χ4n) is 3.14. The molecule has 0 radical (unpaired) electrons. The van der Waals surface area contributed by atoms with Crippen molar-refractivity contribution in [3.63, 3.8) is 0 Å². The van der Waals surface area contributed by atoms with Crippen molar-refractivity contribution in [1.82, 2.24) is 15.1 Å². The van der Waals surface area contributed by atoms with Crippen LogP contribution in [0.4, 0.5) is 0 Å². The highest BCUT2D eigenvalue weighted by Crippen LogP contribution is 2.31. The van der Waals surface area contributed by atoms with Crippen LogP contribution in [0, 0.1) is 0 Å². The van der Waals surface area contributed by atoms with Gasteiger partial charge in [0, 0.05) is 18.1 Å². The lowest BCUT2D eigenvalue weighted by atomic mass is 10.1. The van der Waals surface area contributed by atoms with E-state index < -0.39 is 30.0 Å². The van der Waals surface area contributed by atoms with Crippen molar-refractivity contribution in [3.05, 3.63) is 76.6 Å². The number of hydrogen-bond donors (Lipinski definition) is 2. The molecule has 0 aliphatic carbocycles. The minimum absolute atomic E-state index is 0.121. The van der Waals surface area contributed by atoms with Crippen molar-refractivity contribution in [3.8, 4) is 22.8 Å². The maximum Gasteiger partial charge on any atom is 0.326 e. The molecule has 2 N–H and O–H groups in total. The van der Waals surface area contributed by atoms with Gasteiger partial charge in [0.15, 0.2) is 11.5 Å². The zero-order valence-corrected chi connectivity index (χ0v) is 17.6. The van der Waals surface area contributed by atoms with Crippen LogP contribution < -0.4 is 20.3 Å². The van der Waals surface area contributed by atoms with Gasteiger partial charge in [0.05, 0.1) is 19.9 Å². The quantitative estimate of drug-likeness (QED) is 0.523. The van der Waals surface area contributed by atoms with Crippen LogP contribution in [0.5, 0.6) is 11.5 Å². The van der Waals surface area contributed by atoms with Gasteiger partial charge in [-0.3, -0.25) is 9.59 Å². The number of amides is 1. The number of hydrogen-bond acceptors (Lipinski definition) is 6. The Morgan fingerprint density at radius 1 is 1.03 bits per heavy atom. The van der Waals surface area contributed by atoms with Crippen LogP contribution in [-0.4, -0.2) is 47.0 Å². The molecule has 1 amide bonds. The predicted molar refractivity (Wildman–Crippen MR) is 117 cm³/mol. The molecule has 1 atom stereocenters. The van der Waals surface area contributed by atoms with E-state index in [0.29, 0.717) is 22.8 Å². The Hall–Kier alpha value is -4.14. The lowest BCUT2D eigenvalue weighted by Gasteiger charge is -2.15. The van der Waals surface area contributed by atoms with Crippen LogP contribution >= 0.6 is 0 Å². The number of carbonyl (C=O) groups is 2. The standard InChI is InChI=1S/C23H23N3O6/c1-31-19-10-8-16(13-20(19)32-2)17-9-11-22(28)26(25-17)14-21(27)24-18(23(29)30)12-15-6-4-3-5-7-15/h3-11,13,18H,12,14H2,1-2H3,(H,24,27)(H,29,30)/t18-/m0/s1. The van der Waals surface area contributed by atoms with E-state index in [1.54, 1.807) is 42.5 Å². The van der Waals surface area contributed by atoms with Gasteiger partial charge in [-0.1, -0.05) is 30.3 Å². The van der Waals surface area contributed by atoms with E-state index in [9.17, 15) is 19.5 Å². The Morgan fingerprint density at radius 2 is 1.75 bits per heavy atom. The summed E-state index contributed by atoms with van der Waals surface area (Å²) in [5.41, 5.74) is 1.38. The summed E-state index contributed by atoms with van der Waals surface area (Å²) in [5.74, 6) is -0.761. The first-order chi connectivity index (χ1) is 15.4. The molecule has 0 aliphatic heterocycles. The van der Waals surface area contributed by atoms with Crippen molar-refractivity contribution < 1.29 is 24.2 Å². The third-order valence-corrected chi connectivity index (χ3v) is 4.76. The van der Waals surface area contributed by atoms with Crippen molar-refractivity contribution in [2.75, 3.05) is 14.2 Å². The smallest absolute Gasteiger partial charge is 0.326 e. The van der Waals surface area contributed by atoms with Gasteiger partial charge in [-0.2, -0.15) is 5.10 Å². The largest absolute Gasteiger partial charge is 0.493 e. The number of benzene rings is 2. The normalized spacial score (nSPS) is 11.4. The first kappa shape index (κ1) is 22.5. The van der Waals surface area contributed by atoms with E-state index >= 15 is 0 Å². The van der Waals surface area contributed by atoms with Crippen LogP contribution in [0.2, 0.25) is 0 Å². The molecule has 3 rings (SSSR count). The zero-order valence-electron chi connectivity index (χ0n) is 17.6. The van der Waals surface area contributed by atoms with E-state index in [1.165, 1.54) is 26.4 Å². The number of ether oxygens (including phenoxy) is 2. The van der Waals surface area contributed by atoms with E-state index in [2.05, 4.69) is 10.4 Å². The topological polar surface area (TPSA) is 120 Å². The molecule has 0 unspecified atom stereocenters. The van der Waals surface area contributed by atoms with E-state index in [4.69, 9.17) is 9.47 Å². The Labute approximate surface area is 184 Å². The average Bonchev–Trinajstić information content (AvgIpc) is 2.80. The maximum absolute atomic E-state index is 12.5. The molecule has 0 fully saturated rings. The predicted octanol–water partition coefficient (Wildman–Crippen LogP) is 1.74. The molecule has 0 aliphatic rings. The number of aliphatic carboxylic acids is 1. The van der Waals surface area contributed by atoms with E-state index in [-0.39, 0.29) is 6.42 Å². The lowest BCUT2D eigenvalue weighted by Crippen LogP contribution is -2.44. The molecule has 32 heavy (non-hydrogen) atoms. The van der Waals surface area contributed by atoms with Crippen LogP contribution in [0.15, 0.2) is 65.5 Å². The summed E-state index contributed by atoms with van der Waals surface area (Å²) < 4.78 is 11.5. The van der Waals surface area contributed by atoms with Gasteiger partial charge in [-0.05, 0) is 29.8 Å². The third kappa shape index (κ3) is 5.51. The third-order valence-electron chi connectivity index (χ3n) is 4.76. The molecule has 0 spiro atoms. The number of carbonyl (C=O) groups excluding carboxylic acids is 1. The summed E-state index contributed by atoms with van der Waals surface area (Å²) in [5, 5.41) is 16.2. The second-order valence-electron chi connectivity index (χ2n) is 6.93. The highest BCUT2D eigenvalue weighted by atomic mass is 16.5. The van der Waals surface area contributed by atoms with Crippen molar-refractivity contribution in [2.24, 2.45) is 0 Å². The van der Waals surface area contributed by atoms with Gasteiger partial charge >= 0.3 is 5.97 Å². The molecule has 0 saturated heterocycles. The highest BCUT2D eigenvalue weighted by molar-refractivity contribution is 5.83. The molecule has 166 valence electrons. The fourth-order valence-corrected chi connectivity index (χ4v) is 3.14. The monoisotopic (exact) mass is 437 g/mol. The van der Waals surface area contributed by atoms with Crippen LogP contribution in [-0.2, 0) is 22.6 Å². The fraction of sp³-hybridized carbons (Fsp3) is 0.217. The number of aromatic nitrogens is 2. The lowest BCUT2D eigenvalue weighted by molar-refractivity contribution is -0.141. The second-order valence-corrected chi connectivity index (χ2v) is 6.93. The SMILES string of the molecule is COc1ccc(-c2ccc(=O)n(CC(=O)N[C@@H](Cc3ccccc3)C(=O)O)n2)cc1OC. The molecule has 0 bridgehead atoms. The number of rotatable bonds is 9. The summed E-state index contributed by atoms with van der Waals surface area (Å²) in [4.78, 5) is 36.3. The summed E-state index contributed by atoms with van der Waals surface area (Å²) in [6.45, 7) is -0.418. The molecular weight excluding hydrogens is 414 g/mol. The van der Waals surface area contributed by atoms with Gasteiger partial charge in [-0.25, -0.2) is 9.48 Å². The van der Waals surface area contributed by atoms with Gasteiger partial charge in [0.1, 0.15) is 12.6 Å². The van der Waals surface area contributed by atoms with Crippen LogP contribution in [0.3, 0.4) is 0 Å². The zero-order chi connectivity index (χ0) is 23.1. The maximum atomic E-state index is 12.5. The Kier molecular flexibility index (Phi) is 7.22. The number of nitrogens with one attached hydrogen (secondary N) is 1. The van der Waals surface area contributed by atoms with Gasteiger partial charge in [-0.15, -0.1) is 0 Å². The molecule has 9 nitrogen and oxygen atoms in total. The number of carboxylic acid groups (broad SMARTS) is 1. The van der Waals surface area contributed by atoms with E-state index in [1.807, 2.05) is 6.07 Å². The van der Waals surface area contributed by atoms with Gasteiger partial charge in [0.25, 0.3) is 5.56 Å². The first-order valence-corrected chi connectivity index (χ1v) is 9.78. The Bertz CT molecular complexity index is 1160. The van der Waals surface area contributed by atoms with Crippen molar-refractivity contribution in [2.45, 2.75) is 19.0 Å². The molecule has 9 heteroatoms. The second kappa shape index (κ2) is 10.3. The van der Waals surface area contributed by atoms with Gasteiger partial charge < -0.3 is 19.9 Å². The van der Waals surface area contributed by atoms with Gasteiger partial charge in [0.2, 0.25) is 5.91 Å². The molecular formula is C23H23N3O6. The average molecular weight is 437 g/mol. The Balaban J connectivity index is 1.77. The molecule has 2 aromatic carbocycles. The number of carboxylic acids is 1. The first-order valence-electron chi connectivity index (χ1n) is 9.78. The van der Waals surface area contributed by atoms with Crippen molar-refractivity contribution in [1.29, 1.82) is 0 Å². The number of methoxy groups -OCH3 is 2. The van der Waals surface area contributed by atoms with Crippen LogP contribution in [0.1, 0.15) is 5.56 Å². The molecule has 0 saturated carbocycles. The van der Waals surface area contributed by atoms with Crippen molar-refractivity contribution >= 4 is 11.9 Å². The highest BCUT2D eigenvalue weighted by Gasteiger charge is 2.21. The number of nitrogens with zero attached hydrogens (tertiary/aromatic N) is 2. The summed E-state index contributed by atoms with van der Waals surface area (Å²) in [7, 11) is 3.03.